The summed E-state index contributed by atoms with van der Waals surface area (Å²) in [5, 5.41) is 5.17. The van der Waals surface area contributed by atoms with Gasteiger partial charge in [-0.05, 0) is 43.3 Å². The molecule has 2 aromatic rings. The zero-order chi connectivity index (χ0) is 15.9. The topological polar surface area (TPSA) is 58.2 Å². The van der Waals surface area contributed by atoms with Crippen LogP contribution in [0.15, 0.2) is 59.5 Å². The lowest BCUT2D eigenvalue weighted by Crippen LogP contribution is -2.38. The average Bonchev–Trinajstić information content (AvgIpc) is 2.50. The molecule has 0 aromatic heterocycles. The molecule has 0 aliphatic rings. The third-order valence-corrected chi connectivity index (χ3v) is 4.13. The molecule has 0 saturated carbocycles. The molecule has 0 aliphatic carbocycles. The fraction of sp³-hybridized carbons (Fsp3) is 0.125. The van der Waals surface area contributed by atoms with Gasteiger partial charge in [0.2, 0.25) is 5.91 Å². The van der Waals surface area contributed by atoms with Crippen LogP contribution in [0.5, 0.6) is 0 Å². The molecule has 1 unspecified atom stereocenters. The van der Waals surface area contributed by atoms with E-state index in [0.717, 1.165) is 4.90 Å². The first-order valence-electron chi connectivity index (χ1n) is 6.64. The zero-order valence-corrected chi connectivity index (χ0v) is 13.4. The number of thioether (sulfide) groups is 1. The van der Waals surface area contributed by atoms with E-state index in [1.54, 1.807) is 43.3 Å². The highest BCUT2D eigenvalue weighted by Gasteiger charge is 2.17. The summed E-state index contributed by atoms with van der Waals surface area (Å²) in [6.07, 6.45) is 0. The van der Waals surface area contributed by atoms with Crippen LogP contribution in [0.4, 0.5) is 10.5 Å². The first-order valence-corrected chi connectivity index (χ1v) is 7.89. The first-order chi connectivity index (χ1) is 10.5. The van der Waals surface area contributed by atoms with E-state index in [-0.39, 0.29) is 5.91 Å². The number of anilines is 1. The van der Waals surface area contributed by atoms with E-state index in [9.17, 15) is 9.59 Å². The zero-order valence-electron chi connectivity index (χ0n) is 11.9. The minimum absolute atomic E-state index is 0.353. The Labute approximate surface area is 138 Å². The highest BCUT2D eigenvalue weighted by Crippen LogP contribution is 2.24. The van der Waals surface area contributed by atoms with Crippen LogP contribution >= 0.6 is 23.4 Å². The van der Waals surface area contributed by atoms with E-state index in [1.807, 2.05) is 18.2 Å². The molecule has 0 saturated heterocycles. The van der Waals surface area contributed by atoms with Gasteiger partial charge in [-0.2, -0.15) is 0 Å². The maximum atomic E-state index is 12.0. The Morgan fingerprint density at radius 1 is 1.05 bits per heavy atom. The Hall–Kier alpha value is -1.98. The lowest BCUT2D eigenvalue weighted by atomic mass is 10.3. The molecule has 0 spiro atoms. The summed E-state index contributed by atoms with van der Waals surface area (Å²) < 4.78 is 0. The number of imide groups is 1. The van der Waals surface area contributed by atoms with Crippen LogP contribution in [0.2, 0.25) is 5.02 Å². The fourth-order valence-electron chi connectivity index (χ4n) is 1.67. The molecule has 3 amide bonds. The van der Waals surface area contributed by atoms with Gasteiger partial charge < -0.3 is 5.32 Å². The van der Waals surface area contributed by atoms with Crippen molar-refractivity contribution in [1.82, 2.24) is 5.32 Å². The molecule has 2 aromatic carbocycles. The van der Waals surface area contributed by atoms with Crippen LogP contribution in [-0.4, -0.2) is 17.2 Å². The van der Waals surface area contributed by atoms with Crippen molar-refractivity contribution < 1.29 is 9.59 Å². The van der Waals surface area contributed by atoms with E-state index >= 15 is 0 Å². The van der Waals surface area contributed by atoms with E-state index < -0.39 is 11.3 Å². The van der Waals surface area contributed by atoms with Crippen molar-refractivity contribution in [3.8, 4) is 0 Å². The van der Waals surface area contributed by atoms with Crippen molar-refractivity contribution in [1.29, 1.82) is 0 Å². The Bertz CT molecular complexity index is 647. The molecular formula is C16H15ClN2O2S. The molecule has 22 heavy (non-hydrogen) atoms. The van der Waals surface area contributed by atoms with Crippen LogP contribution in [0.3, 0.4) is 0 Å². The van der Waals surface area contributed by atoms with Gasteiger partial charge >= 0.3 is 6.03 Å². The van der Waals surface area contributed by atoms with E-state index in [2.05, 4.69) is 10.6 Å². The second kappa shape index (κ2) is 7.87. The third-order valence-electron chi connectivity index (χ3n) is 2.76. The summed E-state index contributed by atoms with van der Waals surface area (Å²) in [4.78, 5) is 24.7. The van der Waals surface area contributed by atoms with Crippen molar-refractivity contribution in [2.24, 2.45) is 0 Å². The second-order valence-corrected chi connectivity index (χ2v) is 6.37. The van der Waals surface area contributed by atoms with E-state index in [0.29, 0.717) is 10.7 Å². The van der Waals surface area contributed by atoms with Gasteiger partial charge in [-0.1, -0.05) is 29.8 Å². The number of nitrogens with one attached hydrogen (secondary N) is 2. The fourth-order valence-corrected chi connectivity index (χ4v) is 2.66. The molecule has 0 aliphatic heterocycles. The van der Waals surface area contributed by atoms with Crippen LogP contribution in [-0.2, 0) is 4.79 Å². The van der Waals surface area contributed by atoms with Crippen LogP contribution in [0.25, 0.3) is 0 Å². The smallest absolute Gasteiger partial charge is 0.308 e. The van der Waals surface area contributed by atoms with Crippen molar-refractivity contribution in [3.63, 3.8) is 0 Å². The quantitative estimate of drug-likeness (QED) is 0.825. The molecule has 0 heterocycles. The summed E-state index contributed by atoms with van der Waals surface area (Å²) in [6.45, 7) is 1.74. The number of urea groups is 1. The number of carbonyl (C=O) groups is 2. The summed E-state index contributed by atoms with van der Waals surface area (Å²) in [5.41, 5.74) is 0.630. The molecule has 2 N–H and O–H groups in total. The number of hydrogen-bond donors (Lipinski definition) is 2. The summed E-state index contributed by atoms with van der Waals surface area (Å²) in [7, 11) is 0. The molecule has 4 nitrogen and oxygen atoms in total. The van der Waals surface area contributed by atoms with E-state index in [1.165, 1.54) is 11.8 Å². The highest BCUT2D eigenvalue weighted by molar-refractivity contribution is 8.00. The number of rotatable bonds is 4. The second-order valence-electron chi connectivity index (χ2n) is 4.52. The number of benzene rings is 2. The summed E-state index contributed by atoms with van der Waals surface area (Å²) >= 11 is 7.17. The standard InChI is InChI=1S/C16H15ClN2O2S/c1-11(22-14-9-7-12(17)8-10-14)15(20)19-16(21)18-13-5-3-2-4-6-13/h2-11H,1H3,(H2,18,19,20,21). The third kappa shape index (κ3) is 5.09. The van der Waals surface area contributed by atoms with Gasteiger partial charge in [0.15, 0.2) is 0 Å². The maximum Gasteiger partial charge on any atom is 0.325 e. The Balaban J connectivity index is 1.85. The minimum atomic E-state index is -0.542. The number of amides is 3. The molecule has 0 radical (unpaired) electrons. The van der Waals surface area contributed by atoms with Gasteiger partial charge in [-0.25, -0.2) is 4.79 Å². The van der Waals surface area contributed by atoms with Gasteiger partial charge in [0.1, 0.15) is 0 Å². The molecule has 114 valence electrons. The Morgan fingerprint density at radius 3 is 2.32 bits per heavy atom. The van der Waals surface area contributed by atoms with Crippen molar-refractivity contribution >= 4 is 41.0 Å². The molecular weight excluding hydrogens is 320 g/mol. The predicted molar refractivity (Wildman–Crippen MR) is 90.4 cm³/mol. The molecule has 0 fully saturated rings. The van der Waals surface area contributed by atoms with E-state index in [4.69, 9.17) is 11.6 Å². The predicted octanol–water partition coefficient (Wildman–Crippen LogP) is 4.17. The lowest BCUT2D eigenvalue weighted by Gasteiger charge is -2.12. The van der Waals surface area contributed by atoms with Gasteiger partial charge in [0, 0.05) is 15.6 Å². The maximum absolute atomic E-state index is 12.0. The Morgan fingerprint density at radius 2 is 1.68 bits per heavy atom. The molecule has 6 heteroatoms. The van der Waals surface area contributed by atoms with Crippen molar-refractivity contribution in [2.75, 3.05) is 5.32 Å². The van der Waals surface area contributed by atoms with Crippen LogP contribution < -0.4 is 10.6 Å². The molecule has 1 atom stereocenters. The largest absolute Gasteiger partial charge is 0.325 e. The van der Waals surface area contributed by atoms with Gasteiger partial charge in [0.05, 0.1) is 5.25 Å². The monoisotopic (exact) mass is 334 g/mol. The first kappa shape index (κ1) is 16.4. The summed E-state index contributed by atoms with van der Waals surface area (Å²) in [5.74, 6) is -0.353. The Kier molecular flexibility index (Phi) is 5.86. The lowest BCUT2D eigenvalue weighted by molar-refractivity contribution is -0.119. The SMILES string of the molecule is CC(Sc1ccc(Cl)cc1)C(=O)NC(=O)Nc1ccccc1. The highest BCUT2D eigenvalue weighted by atomic mass is 35.5. The minimum Gasteiger partial charge on any atom is -0.308 e. The number of halogens is 1. The number of carbonyl (C=O) groups excluding carboxylic acids is 2. The van der Waals surface area contributed by atoms with Gasteiger partial charge in [-0.15, -0.1) is 11.8 Å². The van der Waals surface area contributed by atoms with Crippen molar-refractivity contribution in [2.45, 2.75) is 17.1 Å². The summed E-state index contributed by atoms with van der Waals surface area (Å²) in [6, 6.07) is 15.6. The number of hydrogen-bond acceptors (Lipinski definition) is 3. The number of para-hydroxylation sites is 1. The average molecular weight is 335 g/mol. The van der Waals surface area contributed by atoms with Gasteiger partial charge in [0.25, 0.3) is 0 Å². The molecule has 2 rings (SSSR count). The molecule has 0 bridgehead atoms. The van der Waals surface area contributed by atoms with Gasteiger partial charge in [-0.3, -0.25) is 10.1 Å². The van der Waals surface area contributed by atoms with Crippen molar-refractivity contribution in [3.05, 3.63) is 59.6 Å². The normalized spacial score (nSPS) is 11.5. The van der Waals surface area contributed by atoms with Crippen LogP contribution in [0, 0.1) is 0 Å². The van der Waals surface area contributed by atoms with Crippen LogP contribution in [0.1, 0.15) is 6.92 Å².